The molecule has 0 saturated heterocycles. The number of hydrogen-bond donors (Lipinski definition) is 2. The molecule has 142 valence electrons. The molecule has 0 spiro atoms. The summed E-state index contributed by atoms with van der Waals surface area (Å²) >= 11 is 14.2. The molecular weight excluding hydrogens is 458 g/mol. The van der Waals surface area contributed by atoms with Gasteiger partial charge >= 0.3 is 0 Å². The zero-order valence-electron chi connectivity index (χ0n) is 14.3. The van der Waals surface area contributed by atoms with Crippen molar-refractivity contribution in [1.29, 1.82) is 0 Å². The minimum absolute atomic E-state index is 0.00110. The fraction of sp³-hybridized carbons (Fsp3) is 0.176. The number of nitro groups is 1. The summed E-state index contributed by atoms with van der Waals surface area (Å²) in [5.41, 5.74) is 0.433. The van der Waals surface area contributed by atoms with Crippen LogP contribution >= 0.6 is 39.7 Å². The average molecular weight is 473 g/mol. The molecule has 2 aromatic rings. The van der Waals surface area contributed by atoms with Crippen LogP contribution in [0.2, 0.25) is 5.02 Å². The second-order valence-electron chi connectivity index (χ2n) is 5.64. The predicted molar refractivity (Wildman–Crippen MR) is 112 cm³/mol. The van der Waals surface area contributed by atoms with Gasteiger partial charge in [0.2, 0.25) is 0 Å². The number of ether oxygens (including phenoxy) is 1. The average Bonchev–Trinajstić information content (AvgIpc) is 2.57. The minimum Gasteiger partial charge on any atom is -0.490 e. The van der Waals surface area contributed by atoms with E-state index in [9.17, 15) is 14.9 Å². The largest absolute Gasteiger partial charge is 0.490 e. The van der Waals surface area contributed by atoms with E-state index < -0.39 is 10.8 Å². The lowest BCUT2D eigenvalue weighted by Gasteiger charge is -2.13. The summed E-state index contributed by atoms with van der Waals surface area (Å²) in [6, 6.07) is 9.02. The Morgan fingerprint density at radius 3 is 2.59 bits per heavy atom. The van der Waals surface area contributed by atoms with Crippen molar-refractivity contribution in [2.45, 2.75) is 20.0 Å². The first-order valence-corrected chi connectivity index (χ1v) is 9.27. The molecule has 2 N–H and O–H groups in total. The van der Waals surface area contributed by atoms with Crippen LogP contribution in [0.25, 0.3) is 0 Å². The molecule has 0 aromatic heterocycles. The van der Waals surface area contributed by atoms with E-state index in [-0.39, 0.29) is 21.9 Å². The summed E-state index contributed by atoms with van der Waals surface area (Å²) in [4.78, 5) is 22.7. The number of thiocarbonyl (C=S) groups is 1. The van der Waals surface area contributed by atoms with Gasteiger partial charge in [-0.25, -0.2) is 0 Å². The summed E-state index contributed by atoms with van der Waals surface area (Å²) in [6.45, 7) is 3.80. The Morgan fingerprint density at radius 2 is 2.00 bits per heavy atom. The van der Waals surface area contributed by atoms with Gasteiger partial charge in [0, 0.05) is 17.3 Å². The first kappa shape index (κ1) is 21.1. The highest BCUT2D eigenvalue weighted by atomic mass is 79.9. The smallest absolute Gasteiger partial charge is 0.289 e. The number of nitro benzene ring substituents is 1. The number of anilines is 1. The van der Waals surface area contributed by atoms with Crippen LogP contribution in [0, 0.1) is 10.1 Å². The number of halogens is 2. The summed E-state index contributed by atoms with van der Waals surface area (Å²) in [7, 11) is 0. The normalized spacial score (nSPS) is 10.4. The molecule has 10 heteroatoms. The van der Waals surface area contributed by atoms with Crippen LogP contribution in [0.1, 0.15) is 24.2 Å². The van der Waals surface area contributed by atoms with Gasteiger partial charge in [-0.15, -0.1) is 0 Å². The van der Waals surface area contributed by atoms with Crippen molar-refractivity contribution >= 4 is 62.1 Å². The van der Waals surface area contributed by atoms with Gasteiger partial charge in [-0.2, -0.15) is 0 Å². The minimum atomic E-state index is -0.604. The maximum absolute atomic E-state index is 12.3. The van der Waals surface area contributed by atoms with Crippen LogP contribution in [0.3, 0.4) is 0 Å². The maximum Gasteiger partial charge on any atom is 0.289 e. The summed E-state index contributed by atoms with van der Waals surface area (Å²) in [5, 5.41) is 16.2. The van der Waals surface area contributed by atoms with Crippen molar-refractivity contribution in [2.24, 2.45) is 0 Å². The Kier molecular flexibility index (Phi) is 7.11. The molecule has 27 heavy (non-hydrogen) atoms. The first-order valence-electron chi connectivity index (χ1n) is 7.70. The Balaban J connectivity index is 2.05. The standard InChI is InChI=1S/C17H15BrClN3O4S/c1-9(2)26-15-6-3-10(7-12(15)18)16(23)21-17(27)20-11-4-5-13(19)14(8-11)22(24)25/h3-9H,1-2H3,(H2,20,21,23,27). The third kappa shape index (κ3) is 5.88. The van der Waals surface area contributed by atoms with E-state index in [1.165, 1.54) is 18.2 Å². The zero-order chi connectivity index (χ0) is 20.1. The number of amides is 1. The molecule has 0 aliphatic carbocycles. The second-order valence-corrected chi connectivity index (χ2v) is 7.31. The number of nitrogens with zero attached hydrogens (tertiary/aromatic N) is 1. The Labute approximate surface area is 174 Å². The van der Waals surface area contributed by atoms with E-state index in [0.29, 0.717) is 21.5 Å². The molecule has 0 heterocycles. The monoisotopic (exact) mass is 471 g/mol. The highest BCUT2D eigenvalue weighted by Gasteiger charge is 2.15. The fourth-order valence-corrected chi connectivity index (χ4v) is 2.93. The Morgan fingerprint density at radius 1 is 1.30 bits per heavy atom. The van der Waals surface area contributed by atoms with Crippen molar-refractivity contribution in [3.63, 3.8) is 0 Å². The van der Waals surface area contributed by atoms with E-state index in [0.717, 1.165) is 0 Å². The van der Waals surface area contributed by atoms with Gasteiger partial charge in [-0.05, 0) is 72.3 Å². The van der Waals surface area contributed by atoms with Crippen LogP contribution in [-0.4, -0.2) is 22.0 Å². The highest BCUT2D eigenvalue weighted by molar-refractivity contribution is 9.10. The molecule has 0 atom stereocenters. The molecule has 0 fully saturated rings. The molecule has 1 amide bonds. The van der Waals surface area contributed by atoms with Crippen LogP contribution in [0.15, 0.2) is 40.9 Å². The molecule has 2 aromatic carbocycles. The van der Waals surface area contributed by atoms with Gasteiger partial charge in [-0.1, -0.05) is 11.6 Å². The van der Waals surface area contributed by atoms with Crippen molar-refractivity contribution in [2.75, 3.05) is 5.32 Å². The van der Waals surface area contributed by atoms with E-state index >= 15 is 0 Å². The van der Waals surface area contributed by atoms with Crippen molar-refractivity contribution < 1.29 is 14.5 Å². The van der Waals surface area contributed by atoms with Gasteiger partial charge in [-0.3, -0.25) is 20.2 Å². The molecule has 0 radical (unpaired) electrons. The third-order valence-electron chi connectivity index (χ3n) is 3.18. The highest BCUT2D eigenvalue weighted by Crippen LogP contribution is 2.28. The van der Waals surface area contributed by atoms with Gasteiger partial charge in [0.1, 0.15) is 10.8 Å². The first-order chi connectivity index (χ1) is 12.7. The van der Waals surface area contributed by atoms with Gasteiger partial charge in [0.25, 0.3) is 11.6 Å². The van der Waals surface area contributed by atoms with Gasteiger partial charge in [0.05, 0.1) is 15.5 Å². The number of hydrogen-bond acceptors (Lipinski definition) is 5. The summed E-state index contributed by atoms with van der Waals surface area (Å²) < 4.78 is 6.23. The zero-order valence-corrected chi connectivity index (χ0v) is 17.4. The molecule has 0 bridgehead atoms. The lowest BCUT2D eigenvalue weighted by Crippen LogP contribution is -2.34. The van der Waals surface area contributed by atoms with E-state index in [1.54, 1.807) is 18.2 Å². The Bertz CT molecular complexity index is 908. The fourth-order valence-electron chi connectivity index (χ4n) is 2.06. The number of benzene rings is 2. The van der Waals surface area contributed by atoms with Gasteiger partial charge < -0.3 is 10.1 Å². The Hall–Kier alpha value is -2.23. The topological polar surface area (TPSA) is 93.5 Å². The molecule has 0 saturated carbocycles. The van der Waals surface area contributed by atoms with E-state index in [1.807, 2.05) is 13.8 Å². The lowest BCUT2D eigenvalue weighted by atomic mass is 10.2. The van der Waals surface area contributed by atoms with Crippen molar-refractivity contribution in [3.05, 3.63) is 61.6 Å². The number of nitrogens with one attached hydrogen (secondary N) is 2. The summed E-state index contributed by atoms with van der Waals surface area (Å²) in [6.07, 6.45) is 0.00110. The number of rotatable bonds is 5. The van der Waals surface area contributed by atoms with Crippen LogP contribution < -0.4 is 15.4 Å². The summed E-state index contributed by atoms with van der Waals surface area (Å²) in [5.74, 6) is 0.184. The van der Waals surface area contributed by atoms with E-state index in [4.69, 9.17) is 28.6 Å². The van der Waals surface area contributed by atoms with Gasteiger partial charge in [0.15, 0.2) is 5.11 Å². The predicted octanol–water partition coefficient (Wildman–Crippen LogP) is 4.92. The molecule has 0 unspecified atom stereocenters. The molecule has 2 rings (SSSR count). The molecular formula is C17H15BrClN3O4S. The SMILES string of the molecule is CC(C)Oc1ccc(C(=O)NC(=S)Nc2ccc(Cl)c([N+](=O)[O-])c2)cc1Br. The third-order valence-corrected chi connectivity index (χ3v) is 4.33. The van der Waals surface area contributed by atoms with Crippen LogP contribution in [-0.2, 0) is 0 Å². The van der Waals surface area contributed by atoms with Crippen LogP contribution in [0.5, 0.6) is 5.75 Å². The molecule has 7 nitrogen and oxygen atoms in total. The molecule has 0 aliphatic rings. The van der Waals surface area contributed by atoms with E-state index in [2.05, 4.69) is 26.6 Å². The maximum atomic E-state index is 12.3. The number of carbonyl (C=O) groups is 1. The van der Waals surface area contributed by atoms with Crippen molar-refractivity contribution in [1.82, 2.24) is 5.32 Å². The second kappa shape index (κ2) is 9.12. The number of carbonyl (C=O) groups excluding carboxylic acids is 1. The quantitative estimate of drug-likeness (QED) is 0.364. The van der Waals surface area contributed by atoms with Crippen molar-refractivity contribution in [3.8, 4) is 5.75 Å². The lowest BCUT2D eigenvalue weighted by molar-refractivity contribution is -0.384. The molecule has 0 aliphatic heterocycles. The van der Waals surface area contributed by atoms with Crippen LogP contribution in [0.4, 0.5) is 11.4 Å².